The van der Waals surface area contributed by atoms with Crippen molar-refractivity contribution in [2.45, 2.75) is 19.3 Å². The summed E-state index contributed by atoms with van der Waals surface area (Å²) >= 11 is 1.77. The Morgan fingerprint density at radius 3 is 2.28 bits per heavy atom. The van der Waals surface area contributed by atoms with Crippen molar-refractivity contribution in [3.8, 4) is 0 Å². The number of fused-ring (bicyclic) bond motifs is 1. The lowest BCUT2D eigenvalue weighted by atomic mass is 9.83. The van der Waals surface area contributed by atoms with Gasteiger partial charge < -0.3 is 14.4 Å². The molecule has 0 spiro atoms. The number of carbonyl (C=O) groups excluding carboxylic acids is 2. The smallest absolute Gasteiger partial charge is 0.198 e. The van der Waals surface area contributed by atoms with E-state index in [4.69, 9.17) is 9.47 Å². The maximum Gasteiger partial charge on any atom is 0.198 e. The lowest BCUT2D eigenvalue weighted by Crippen LogP contribution is -2.35. The summed E-state index contributed by atoms with van der Waals surface area (Å²) in [6.45, 7) is 3.32. The van der Waals surface area contributed by atoms with Crippen LogP contribution < -0.4 is 4.90 Å². The first-order chi connectivity index (χ1) is 19.2. The number of morpholine rings is 1. The average molecular weight is 534 g/mol. The summed E-state index contributed by atoms with van der Waals surface area (Å²) in [6, 6.07) is 21.3. The Bertz CT molecular complexity index is 1580. The third kappa shape index (κ3) is 4.30. The molecular formula is C33H27NO4S. The van der Waals surface area contributed by atoms with E-state index in [1.54, 1.807) is 23.5 Å². The molecular weight excluding hydrogens is 506 g/mol. The van der Waals surface area contributed by atoms with Crippen LogP contribution in [0, 0.1) is 0 Å². The van der Waals surface area contributed by atoms with Crippen LogP contribution in [0.4, 0.5) is 5.00 Å². The number of ether oxygens (including phenoxy) is 2. The molecule has 5 nitrogen and oxygen atoms in total. The second kappa shape index (κ2) is 9.95. The van der Waals surface area contributed by atoms with E-state index in [0.29, 0.717) is 22.5 Å². The maximum absolute atomic E-state index is 13.6. The summed E-state index contributed by atoms with van der Waals surface area (Å²) in [5.41, 5.74) is 4.87. The van der Waals surface area contributed by atoms with Crippen molar-refractivity contribution in [1.82, 2.24) is 0 Å². The number of hydrogen-bond acceptors (Lipinski definition) is 6. The van der Waals surface area contributed by atoms with Crippen molar-refractivity contribution >= 4 is 39.7 Å². The fraction of sp³-hybridized carbons (Fsp3) is 0.212. The number of benzene rings is 2. The van der Waals surface area contributed by atoms with Gasteiger partial charge in [0.15, 0.2) is 11.6 Å². The second-order valence-corrected chi connectivity index (χ2v) is 11.2. The third-order valence-corrected chi connectivity index (χ3v) is 8.79. The highest BCUT2D eigenvalue weighted by Crippen LogP contribution is 2.45. The monoisotopic (exact) mass is 533 g/mol. The van der Waals surface area contributed by atoms with Crippen LogP contribution in [0.15, 0.2) is 101 Å². The van der Waals surface area contributed by atoms with Crippen molar-refractivity contribution in [1.29, 1.82) is 0 Å². The summed E-state index contributed by atoms with van der Waals surface area (Å²) in [7, 11) is 0. The van der Waals surface area contributed by atoms with Crippen molar-refractivity contribution in [3.63, 3.8) is 0 Å². The Morgan fingerprint density at radius 2 is 1.54 bits per heavy atom. The van der Waals surface area contributed by atoms with E-state index in [1.807, 2.05) is 48.5 Å². The highest BCUT2D eigenvalue weighted by atomic mass is 32.1. The van der Waals surface area contributed by atoms with E-state index in [-0.39, 0.29) is 17.1 Å². The van der Waals surface area contributed by atoms with Crippen molar-refractivity contribution in [2.75, 3.05) is 31.2 Å². The molecule has 1 aromatic heterocycles. The quantitative estimate of drug-likeness (QED) is 0.272. The van der Waals surface area contributed by atoms with Crippen LogP contribution in [0.5, 0.6) is 0 Å². The molecule has 0 atom stereocenters. The molecule has 4 aliphatic rings. The molecule has 3 aromatic rings. The van der Waals surface area contributed by atoms with Gasteiger partial charge in [0.25, 0.3) is 0 Å². The van der Waals surface area contributed by atoms with Gasteiger partial charge in [-0.1, -0.05) is 54.6 Å². The molecule has 2 aliphatic heterocycles. The Labute approximate surface area is 231 Å². The summed E-state index contributed by atoms with van der Waals surface area (Å²) < 4.78 is 12.1. The standard InChI is InChI=1S/C33H27NO4S/c35-31-24-10-4-5-11-25(24)32(36)30(31)27-20-28(21-7-2-1-3-8-21)38-33-22(9-6-12-26(27)33)19-23-13-14-29(39-23)34-15-17-37-18-16-34/h1-5,7-8,10-11,13-14,19-20H,6,9,12,15-18H2/b22-19+. The van der Waals surface area contributed by atoms with Crippen LogP contribution >= 0.6 is 11.3 Å². The molecule has 7 rings (SSSR count). The molecule has 3 heterocycles. The van der Waals surface area contributed by atoms with Crippen molar-refractivity contribution < 1.29 is 19.1 Å². The fourth-order valence-corrected chi connectivity index (χ4v) is 6.79. The Balaban J connectivity index is 1.34. The fourth-order valence-electron chi connectivity index (χ4n) is 5.77. The number of hydrogen-bond donors (Lipinski definition) is 0. The number of Topliss-reactive ketones (excluding diaryl/α,β-unsaturated/α-hetero) is 2. The van der Waals surface area contributed by atoms with Crippen LogP contribution in [0.2, 0.25) is 0 Å². The van der Waals surface area contributed by atoms with E-state index in [1.165, 1.54) is 5.00 Å². The molecule has 0 saturated carbocycles. The van der Waals surface area contributed by atoms with Gasteiger partial charge in [-0.05, 0) is 49.1 Å². The summed E-state index contributed by atoms with van der Waals surface area (Å²) in [5, 5.41) is 1.24. The maximum atomic E-state index is 13.6. The molecule has 0 radical (unpaired) electrons. The zero-order valence-electron chi connectivity index (χ0n) is 21.4. The molecule has 1 fully saturated rings. The number of anilines is 1. The Morgan fingerprint density at radius 1 is 0.821 bits per heavy atom. The SMILES string of the molecule is O=C1C(=C2C=C(c3ccccc3)OC3=C2CCC/C3=C\c2ccc(N3CCOCC3)s2)C(=O)c2ccccc21. The summed E-state index contributed by atoms with van der Waals surface area (Å²) in [6.07, 6.45) is 6.67. The topological polar surface area (TPSA) is 55.8 Å². The number of allylic oxidation sites excluding steroid dienone is 5. The zero-order chi connectivity index (χ0) is 26.3. The summed E-state index contributed by atoms with van der Waals surface area (Å²) in [4.78, 5) is 30.6. The Kier molecular flexibility index (Phi) is 6.14. The highest BCUT2D eigenvalue weighted by Gasteiger charge is 2.38. The molecule has 2 aromatic carbocycles. The van der Waals surface area contributed by atoms with Crippen LogP contribution in [0.25, 0.3) is 11.8 Å². The second-order valence-electron chi connectivity index (χ2n) is 10.1. The molecule has 6 heteroatoms. The van der Waals surface area contributed by atoms with E-state index >= 15 is 0 Å². The molecule has 0 amide bonds. The van der Waals surface area contributed by atoms with Crippen LogP contribution in [0.3, 0.4) is 0 Å². The predicted molar refractivity (Wildman–Crippen MR) is 154 cm³/mol. The average Bonchev–Trinajstić information content (AvgIpc) is 3.56. The van der Waals surface area contributed by atoms with E-state index in [9.17, 15) is 9.59 Å². The van der Waals surface area contributed by atoms with Crippen LogP contribution in [-0.2, 0) is 9.47 Å². The molecule has 39 heavy (non-hydrogen) atoms. The van der Waals surface area contributed by atoms with Crippen molar-refractivity contribution in [2.24, 2.45) is 0 Å². The van der Waals surface area contributed by atoms with Gasteiger partial charge in [-0.25, -0.2) is 0 Å². The van der Waals surface area contributed by atoms with E-state index in [0.717, 1.165) is 72.9 Å². The predicted octanol–water partition coefficient (Wildman–Crippen LogP) is 6.85. The van der Waals surface area contributed by atoms with Gasteiger partial charge in [-0.3, -0.25) is 9.59 Å². The largest absolute Gasteiger partial charge is 0.456 e. The minimum atomic E-state index is -0.201. The summed E-state index contributed by atoms with van der Waals surface area (Å²) in [5.74, 6) is 1.03. The van der Waals surface area contributed by atoms with Gasteiger partial charge >= 0.3 is 0 Å². The highest BCUT2D eigenvalue weighted by molar-refractivity contribution is 7.16. The van der Waals surface area contributed by atoms with Gasteiger partial charge in [0.1, 0.15) is 11.5 Å². The number of ketones is 2. The lowest BCUT2D eigenvalue weighted by Gasteiger charge is -2.29. The first-order valence-corrected chi connectivity index (χ1v) is 14.2. The molecule has 1 saturated heterocycles. The van der Waals surface area contributed by atoms with E-state index < -0.39 is 0 Å². The van der Waals surface area contributed by atoms with E-state index in [2.05, 4.69) is 23.1 Å². The zero-order valence-corrected chi connectivity index (χ0v) is 22.3. The van der Waals surface area contributed by atoms with Crippen LogP contribution in [-0.4, -0.2) is 37.9 Å². The minimum absolute atomic E-state index is 0.201. The van der Waals surface area contributed by atoms with Crippen LogP contribution in [0.1, 0.15) is 50.4 Å². The number of nitrogens with zero attached hydrogens (tertiary/aromatic N) is 1. The molecule has 0 bridgehead atoms. The normalized spacial score (nSPS) is 20.3. The minimum Gasteiger partial charge on any atom is -0.456 e. The number of rotatable bonds is 3. The lowest BCUT2D eigenvalue weighted by molar-refractivity contribution is 0.0987. The van der Waals surface area contributed by atoms with Gasteiger partial charge in [-0.2, -0.15) is 0 Å². The number of carbonyl (C=O) groups is 2. The first-order valence-electron chi connectivity index (χ1n) is 13.4. The molecule has 2 aliphatic carbocycles. The number of thiophene rings is 1. The first kappa shape index (κ1) is 24.1. The molecule has 0 unspecified atom stereocenters. The molecule has 194 valence electrons. The Hall–Kier alpha value is -4.00. The van der Waals surface area contributed by atoms with Gasteiger partial charge in [0.05, 0.1) is 23.8 Å². The van der Waals surface area contributed by atoms with Gasteiger partial charge in [0, 0.05) is 45.8 Å². The van der Waals surface area contributed by atoms with Gasteiger partial charge in [0.2, 0.25) is 0 Å². The molecule has 0 N–H and O–H groups in total. The van der Waals surface area contributed by atoms with Gasteiger partial charge in [-0.15, -0.1) is 11.3 Å². The van der Waals surface area contributed by atoms with Crippen molar-refractivity contribution in [3.05, 3.63) is 122 Å². The third-order valence-electron chi connectivity index (χ3n) is 7.70.